The van der Waals surface area contributed by atoms with Crippen LogP contribution in [0.5, 0.6) is 17.2 Å². The summed E-state index contributed by atoms with van der Waals surface area (Å²) in [6.07, 6.45) is 4.71. The molecule has 6 heteroatoms. The number of para-hydroxylation sites is 1. The molecule has 4 aromatic rings. The second-order valence-corrected chi connectivity index (χ2v) is 9.10. The minimum atomic E-state index is -0.704. The Kier molecular flexibility index (Phi) is 6.76. The Balaban J connectivity index is 1.28. The molecule has 0 N–H and O–H groups in total. The van der Waals surface area contributed by atoms with Crippen LogP contribution < -0.4 is 14.2 Å². The summed E-state index contributed by atoms with van der Waals surface area (Å²) in [5.74, 6) is 1.82. The van der Waals surface area contributed by atoms with Crippen molar-refractivity contribution in [3.05, 3.63) is 101 Å². The third kappa shape index (κ3) is 4.85. The van der Waals surface area contributed by atoms with Crippen LogP contribution in [0.4, 0.5) is 0 Å². The first kappa shape index (κ1) is 23.7. The molecule has 0 saturated heterocycles. The lowest BCUT2D eigenvalue weighted by Crippen LogP contribution is -2.44. The van der Waals surface area contributed by atoms with E-state index in [1.807, 2.05) is 85.4 Å². The molecule has 0 saturated carbocycles. The van der Waals surface area contributed by atoms with E-state index in [0.29, 0.717) is 29.4 Å². The van der Waals surface area contributed by atoms with Gasteiger partial charge in [-0.15, -0.1) is 0 Å². The quantitative estimate of drug-likeness (QED) is 0.303. The molecular weight excluding hydrogens is 452 g/mol. The summed E-state index contributed by atoms with van der Waals surface area (Å²) in [4.78, 5) is 13.3. The van der Waals surface area contributed by atoms with E-state index in [1.165, 1.54) is 5.56 Å². The van der Waals surface area contributed by atoms with E-state index in [4.69, 9.17) is 14.2 Å². The van der Waals surface area contributed by atoms with Gasteiger partial charge in [0.25, 0.3) is 0 Å². The fourth-order valence-corrected chi connectivity index (χ4v) is 4.43. The third-order valence-electron chi connectivity index (χ3n) is 6.39. The van der Waals surface area contributed by atoms with Gasteiger partial charge in [0.2, 0.25) is 5.78 Å². The Morgan fingerprint density at radius 1 is 1.00 bits per heavy atom. The number of carbonyl (C=O) groups is 1. The van der Waals surface area contributed by atoms with Crippen LogP contribution >= 0.6 is 0 Å². The minimum Gasteiger partial charge on any atom is -0.488 e. The fraction of sp³-hybridized carbons (Fsp3) is 0.267. The Morgan fingerprint density at radius 3 is 2.53 bits per heavy atom. The second-order valence-electron chi connectivity index (χ2n) is 9.10. The largest absolute Gasteiger partial charge is 0.488 e. The summed E-state index contributed by atoms with van der Waals surface area (Å²) in [6.45, 7) is 6.28. The van der Waals surface area contributed by atoms with Crippen molar-refractivity contribution >= 4 is 5.78 Å². The summed E-state index contributed by atoms with van der Waals surface area (Å²) in [7, 11) is 0. The smallest absolute Gasteiger partial charge is 0.210 e. The first-order valence-corrected chi connectivity index (χ1v) is 12.4. The molecule has 184 valence electrons. The normalized spacial score (nSPS) is 16.8. The number of ether oxygens (including phenoxy) is 3. The Hall–Kier alpha value is -4.06. The average molecular weight is 483 g/mol. The summed E-state index contributed by atoms with van der Waals surface area (Å²) >= 11 is 0. The molecule has 2 atom stereocenters. The zero-order valence-electron chi connectivity index (χ0n) is 20.8. The molecule has 5 rings (SSSR count). The Bertz CT molecular complexity index is 1350. The van der Waals surface area contributed by atoms with E-state index in [9.17, 15) is 4.79 Å². The zero-order valence-corrected chi connectivity index (χ0v) is 20.8. The van der Waals surface area contributed by atoms with Crippen molar-refractivity contribution < 1.29 is 19.0 Å². The molecule has 0 bridgehead atoms. The van der Waals surface area contributed by atoms with Gasteiger partial charge in [-0.05, 0) is 62.2 Å². The predicted octanol–water partition coefficient (Wildman–Crippen LogP) is 6.12. The van der Waals surface area contributed by atoms with Gasteiger partial charge in [0, 0.05) is 17.3 Å². The molecule has 1 aromatic heterocycles. The van der Waals surface area contributed by atoms with Crippen molar-refractivity contribution in [1.29, 1.82) is 0 Å². The van der Waals surface area contributed by atoms with Gasteiger partial charge in [0.15, 0.2) is 6.10 Å². The van der Waals surface area contributed by atoms with E-state index >= 15 is 0 Å². The first-order chi connectivity index (χ1) is 17.5. The highest BCUT2D eigenvalue weighted by Gasteiger charge is 2.38. The number of fused-ring (bicyclic) bond motifs is 1. The van der Waals surface area contributed by atoms with Crippen LogP contribution in [-0.4, -0.2) is 27.8 Å². The number of carbonyl (C=O) groups excluding carboxylic acids is 1. The molecule has 2 unspecified atom stereocenters. The molecule has 0 spiro atoms. The highest BCUT2D eigenvalue weighted by atomic mass is 16.6. The van der Waals surface area contributed by atoms with Crippen molar-refractivity contribution in [2.75, 3.05) is 0 Å². The van der Waals surface area contributed by atoms with Crippen molar-refractivity contribution in [3.8, 4) is 22.9 Å². The minimum absolute atomic E-state index is 0.0832. The lowest BCUT2D eigenvalue weighted by Gasteiger charge is -2.31. The highest BCUT2D eigenvalue weighted by molar-refractivity contribution is 6.04. The maximum atomic E-state index is 13.3. The van der Waals surface area contributed by atoms with Crippen LogP contribution in [0.25, 0.3) is 5.69 Å². The molecule has 0 amide bonds. The number of nitrogens with zero attached hydrogens (tertiary/aromatic N) is 2. The van der Waals surface area contributed by atoms with Crippen LogP contribution in [0.2, 0.25) is 0 Å². The predicted molar refractivity (Wildman–Crippen MR) is 138 cm³/mol. The van der Waals surface area contributed by atoms with Gasteiger partial charge in [0.1, 0.15) is 30.0 Å². The van der Waals surface area contributed by atoms with Crippen molar-refractivity contribution in [3.63, 3.8) is 0 Å². The number of aromatic nitrogens is 2. The maximum absolute atomic E-state index is 13.3. The van der Waals surface area contributed by atoms with Crippen molar-refractivity contribution in [2.45, 2.75) is 52.4 Å². The summed E-state index contributed by atoms with van der Waals surface area (Å²) in [5.41, 5.74) is 4.50. The van der Waals surface area contributed by atoms with E-state index in [0.717, 1.165) is 29.7 Å². The number of ketones is 1. The molecule has 3 aromatic carbocycles. The van der Waals surface area contributed by atoms with Gasteiger partial charge >= 0.3 is 0 Å². The number of hydrogen-bond acceptors (Lipinski definition) is 5. The lowest BCUT2D eigenvalue weighted by molar-refractivity contribution is 0.0385. The van der Waals surface area contributed by atoms with Crippen molar-refractivity contribution in [1.82, 2.24) is 9.78 Å². The number of benzene rings is 3. The van der Waals surface area contributed by atoms with Crippen LogP contribution in [0, 0.1) is 6.92 Å². The SMILES string of the molecule is CCCc1ccc(OC2C(=O)c3ccc(OCc4cnn(-c5ccccc5)c4)c(C)c3OC2C)cc1. The topological polar surface area (TPSA) is 62.6 Å². The van der Waals surface area contributed by atoms with Gasteiger partial charge < -0.3 is 14.2 Å². The molecule has 1 aliphatic rings. The molecule has 36 heavy (non-hydrogen) atoms. The Labute approximate surface area is 211 Å². The highest BCUT2D eigenvalue weighted by Crippen LogP contribution is 2.37. The van der Waals surface area contributed by atoms with Crippen LogP contribution in [0.15, 0.2) is 79.1 Å². The monoisotopic (exact) mass is 482 g/mol. The van der Waals surface area contributed by atoms with Gasteiger partial charge in [-0.3, -0.25) is 4.79 Å². The van der Waals surface area contributed by atoms with E-state index in [-0.39, 0.29) is 5.78 Å². The Morgan fingerprint density at radius 2 is 1.78 bits per heavy atom. The van der Waals surface area contributed by atoms with Crippen LogP contribution in [0.1, 0.15) is 47.3 Å². The number of rotatable bonds is 8. The second kappa shape index (κ2) is 10.3. The van der Waals surface area contributed by atoms with Gasteiger partial charge in [-0.25, -0.2) is 4.68 Å². The lowest BCUT2D eigenvalue weighted by atomic mass is 9.95. The maximum Gasteiger partial charge on any atom is 0.210 e. The van der Waals surface area contributed by atoms with Crippen LogP contribution in [-0.2, 0) is 13.0 Å². The van der Waals surface area contributed by atoms with E-state index in [1.54, 1.807) is 12.3 Å². The van der Waals surface area contributed by atoms with Gasteiger partial charge in [0.05, 0.1) is 17.4 Å². The first-order valence-electron chi connectivity index (χ1n) is 12.4. The molecular formula is C30H30N2O4. The molecule has 1 aliphatic heterocycles. The molecule has 0 radical (unpaired) electrons. The summed E-state index contributed by atoms with van der Waals surface area (Å²) in [5, 5.41) is 4.42. The number of aryl methyl sites for hydroxylation is 1. The third-order valence-corrected chi connectivity index (χ3v) is 6.39. The van der Waals surface area contributed by atoms with Crippen LogP contribution in [0.3, 0.4) is 0 Å². The number of Topliss-reactive ketones (excluding diaryl/α,β-unsaturated/α-hetero) is 1. The molecule has 0 aliphatic carbocycles. The molecule has 2 heterocycles. The standard InChI is InChI=1S/C30H30N2O4/c1-4-8-22-11-13-25(14-12-22)36-30-21(3)35-29-20(2)27(16-15-26(29)28(30)33)34-19-23-17-31-32(18-23)24-9-6-5-7-10-24/h5-7,9-18,21,30H,4,8,19H2,1-3H3. The molecule has 6 nitrogen and oxygen atoms in total. The number of hydrogen-bond donors (Lipinski definition) is 0. The van der Waals surface area contributed by atoms with E-state index in [2.05, 4.69) is 12.0 Å². The molecule has 0 fully saturated rings. The van der Waals surface area contributed by atoms with Gasteiger partial charge in [-0.1, -0.05) is 43.7 Å². The summed E-state index contributed by atoms with van der Waals surface area (Å²) < 4.78 is 20.2. The fourth-order valence-electron chi connectivity index (χ4n) is 4.43. The zero-order chi connectivity index (χ0) is 25.1. The van der Waals surface area contributed by atoms with Crippen molar-refractivity contribution in [2.24, 2.45) is 0 Å². The van der Waals surface area contributed by atoms with Gasteiger partial charge in [-0.2, -0.15) is 5.10 Å². The summed E-state index contributed by atoms with van der Waals surface area (Å²) in [6, 6.07) is 21.4. The van der Waals surface area contributed by atoms with E-state index < -0.39 is 12.2 Å². The average Bonchev–Trinajstić information content (AvgIpc) is 3.37.